The van der Waals surface area contributed by atoms with Crippen molar-refractivity contribution in [2.75, 3.05) is 5.32 Å². The monoisotopic (exact) mass is 400 g/mol. The summed E-state index contributed by atoms with van der Waals surface area (Å²) in [6.45, 7) is 3.27. The number of thioether (sulfide) groups is 1. The summed E-state index contributed by atoms with van der Waals surface area (Å²) in [5, 5.41) is 30.8. The van der Waals surface area contributed by atoms with E-state index in [0.717, 1.165) is 11.8 Å². The number of phenols is 1. The first-order valence-corrected chi connectivity index (χ1v) is 9.07. The Labute approximate surface area is 163 Å². The molecule has 28 heavy (non-hydrogen) atoms. The van der Waals surface area contributed by atoms with Crippen LogP contribution in [0.15, 0.2) is 52.1 Å². The van der Waals surface area contributed by atoms with Crippen LogP contribution in [0.2, 0.25) is 0 Å². The van der Waals surface area contributed by atoms with Gasteiger partial charge in [-0.1, -0.05) is 30.0 Å². The number of benzene rings is 2. The molecule has 10 heteroatoms. The van der Waals surface area contributed by atoms with Crippen molar-refractivity contribution in [3.8, 4) is 17.2 Å². The van der Waals surface area contributed by atoms with E-state index in [1.54, 1.807) is 44.2 Å². The van der Waals surface area contributed by atoms with E-state index < -0.39 is 10.2 Å². The molecule has 0 radical (unpaired) electrons. The lowest BCUT2D eigenvalue weighted by molar-refractivity contribution is -0.385. The van der Waals surface area contributed by atoms with Crippen molar-refractivity contribution in [3.63, 3.8) is 0 Å². The predicted octanol–water partition coefficient (Wildman–Crippen LogP) is 3.78. The molecule has 0 saturated heterocycles. The van der Waals surface area contributed by atoms with E-state index in [9.17, 15) is 20.0 Å². The summed E-state index contributed by atoms with van der Waals surface area (Å²) >= 11 is 1.04. The number of aromatic nitrogens is 2. The maximum Gasteiger partial charge on any atom is 0.277 e. The maximum atomic E-state index is 12.4. The Balaban J connectivity index is 1.68. The molecule has 0 spiro atoms. The lowest BCUT2D eigenvalue weighted by Gasteiger charge is -2.10. The number of carbonyl (C=O) groups excluding carboxylic acids is 1. The fourth-order valence-electron chi connectivity index (χ4n) is 2.35. The SMILES string of the molecule is Cc1ccc(NC(=O)C(C)Sc2nnc(-c3ccccc3O)o2)cc1[N+](=O)[O-]. The number of rotatable bonds is 6. The largest absolute Gasteiger partial charge is 0.507 e. The molecule has 0 aliphatic heterocycles. The Hall–Kier alpha value is -3.40. The minimum absolute atomic E-state index is 0.00876. The summed E-state index contributed by atoms with van der Waals surface area (Å²) in [6, 6.07) is 11.0. The second-order valence-corrected chi connectivity index (χ2v) is 7.19. The Bertz CT molecular complexity index is 1040. The first kappa shape index (κ1) is 19.4. The Morgan fingerprint density at radius 3 is 2.75 bits per heavy atom. The number of nitrogens with zero attached hydrogens (tertiary/aromatic N) is 3. The molecule has 0 fully saturated rings. The molecule has 3 rings (SSSR count). The molecule has 0 saturated carbocycles. The summed E-state index contributed by atoms with van der Waals surface area (Å²) in [5.74, 6) is -0.220. The van der Waals surface area contributed by atoms with Crippen molar-refractivity contribution in [2.24, 2.45) is 0 Å². The van der Waals surface area contributed by atoms with Crippen LogP contribution in [0.5, 0.6) is 5.75 Å². The molecule has 144 valence electrons. The zero-order valence-electron chi connectivity index (χ0n) is 14.9. The van der Waals surface area contributed by atoms with E-state index in [4.69, 9.17) is 4.42 Å². The Kier molecular flexibility index (Phi) is 5.59. The van der Waals surface area contributed by atoms with E-state index in [1.807, 2.05) is 0 Å². The van der Waals surface area contributed by atoms with Crippen molar-refractivity contribution in [1.82, 2.24) is 10.2 Å². The van der Waals surface area contributed by atoms with Gasteiger partial charge in [0.25, 0.3) is 16.8 Å². The fraction of sp³-hybridized carbons (Fsp3) is 0.167. The number of para-hydroxylation sites is 1. The summed E-state index contributed by atoms with van der Waals surface area (Å²) in [4.78, 5) is 22.9. The minimum atomic E-state index is -0.599. The Morgan fingerprint density at radius 2 is 2.04 bits per heavy atom. The number of aryl methyl sites for hydroxylation is 1. The van der Waals surface area contributed by atoms with Crippen LogP contribution in [0.1, 0.15) is 12.5 Å². The maximum absolute atomic E-state index is 12.4. The van der Waals surface area contributed by atoms with E-state index in [-0.39, 0.29) is 28.5 Å². The number of hydrogen-bond donors (Lipinski definition) is 2. The van der Waals surface area contributed by atoms with E-state index in [1.165, 1.54) is 12.1 Å². The van der Waals surface area contributed by atoms with Gasteiger partial charge in [0.15, 0.2) is 0 Å². The molecule has 0 bridgehead atoms. The number of phenolic OH excluding ortho intramolecular Hbond substituents is 1. The highest BCUT2D eigenvalue weighted by molar-refractivity contribution is 8.00. The van der Waals surface area contributed by atoms with Crippen LogP contribution < -0.4 is 5.32 Å². The summed E-state index contributed by atoms with van der Waals surface area (Å²) < 4.78 is 5.50. The number of nitro benzene ring substituents is 1. The normalized spacial score (nSPS) is 11.8. The van der Waals surface area contributed by atoms with Crippen LogP contribution in [-0.4, -0.2) is 31.4 Å². The van der Waals surface area contributed by atoms with Gasteiger partial charge in [-0.05, 0) is 32.0 Å². The molecule has 3 aromatic rings. The zero-order chi connectivity index (χ0) is 20.3. The summed E-state index contributed by atoms with van der Waals surface area (Å²) in [6.07, 6.45) is 0. The van der Waals surface area contributed by atoms with Gasteiger partial charge in [0.2, 0.25) is 5.91 Å². The van der Waals surface area contributed by atoms with E-state index in [0.29, 0.717) is 16.8 Å². The average Bonchev–Trinajstić information content (AvgIpc) is 3.11. The quantitative estimate of drug-likeness (QED) is 0.363. The number of anilines is 1. The van der Waals surface area contributed by atoms with Gasteiger partial charge in [0, 0.05) is 17.3 Å². The van der Waals surface area contributed by atoms with Gasteiger partial charge in [-0.25, -0.2) is 0 Å². The van der Waals surface area contributed by atoms with Gasteiger partial charge in [0.1, 0.15) is 5.75 Å². The van der Waals surface area contributed by atoms with Crippen LogP contribution >= 0.6 is 11.8 Å². The van der Waals surface area contributed by atoms with Gasteiger partial charge in [-0.2, -0.15) is 0 Å². The summed E-state index contributed by atoms with van der Waals surface area (Å²) in [5.41, 5.74) is 1.16. The molecule has 2 N–H and O–H groups in total. The number of aromatic hydroxyl groups is 1. The number of nitrogens with one attached hydrogen (secondary N) is 1. The van der Waals surface area contributed by atoms with Crippen molar-refractivity contribution >= 4 is 29.0 Å². The summed E-state index contributed by atoms with van der Waals surface area (Å²) in [7, 11) is 0. The van der Waals surface area contributed by atoms with Crippen LogP contribution in [-0.2, 0) is 4.79 Å². The highest BCUT2D eigenvalue weighted by atomic mass is 32.2. The van der Waals surface area contributed by atoms with Gasteiger partial charge >= 0.3 is 0 Å². The van der Waals surface area contributed by atoms with Gasteiger partial charge in [-0.15, -0.1) is 10.2 Å². The molecule has 1 amide bonds. The smallest absolute Gasteiger partial charge is 0.277 e. The second-order valence-electron chi connectivity index (χ2n) is 5.90. The standard InChI is InChI=1S/C18H16N4O5S/c1-10-7-8-12(9-14(10)22(25)26)19-16(24)11(2)28-18-21-20-17(27-18)13-5-3-4-6-15(13)23/h3-9,11,23H,1-2H3,(H,19,24). The first-order chi connectivity index (χ1) is 13.3. The van der Waals surface area contributed by atoms with E-state index in [2.05, 4.69) is 15.5 Å². The number of nitro groups is 1. The van der Waals surface area contributed by atoms with Gasteiger partial charge in [0.05, 0.1) is 15.7 Å². The first-order valence-electron chi connectivity index (χ1n) is 8.19. The van der Waals surface area contributed by atoms with Crippen molar-refractivity contribution in [3.05, 3.63) is 58.1 Å². The number of carbonyl (C=O) groups is 1. The minimum Gasteiger partial charge on any atom is -0.507 e. The van der Waals surface area contributed by atoms with Crippen LogP contribution in [0.25, 0.3) is 11.5 Å². The highest BCUT2D eigenvalue weighted by Crippen LogP contribution is 2.31. The van der Waals surface area contributed by atoms with Gasteiger partial charge < -0.3 is 14.8 Å². The van der Waals surface area contributed by atoms with Crippen molar-refractivity contribution in [1.29, 1.82) is 0 Å². The topological polar surface area (TPSA) is 131 Å². The molecular formula is C18H16N4O5S. The molecule has 1 unspecified atom stereocenters. The van der Waals surface area contributed by atoms with Crippen molar-refractivity contribution in [2.45, 2.75) is 24.3 Å². The second kappa shape index (κ2) is 8.09. The number of hydrogen-bond acceptors (Lipinski definition) is 8. The lowest BCUT2D eigenvalue weighted by atomic mass is 10.2. The average molecular weight is 400 g/mol. The molecule has 1 atom stereocenters. The molecule has 1 aromatic heterocycles. The van der Waals surface area contributed by atoms with Crippen LogP contribution in [0.3, 0.4) is 0 Å². The van der Waals surface area contributed by atoms with Crippen LogP contribution in [0, 0.1) is 17.0 Å². The molecular weight excluding hydrogens is 384 g/mol. The number of amides is 1. The van der Waals surface area contributed by atoms with Crippen LogP contribution in [0.4, 0.5) is 11.4 Å². The Morgan fingerprint density at radius 1 is 1.29 bits per heavy atom. The third-order valence-corrected chi connectivity index (χ3v) is 4.80. The van der Waals surface area contributed by atoms with Gasteiger partial charge in [-0.3, -0.25) is 14.9 Å². The predicted molar refractivity (Wildman–Crippen MR) is 103 cm³/mol. The molecule has 1 heterocycles. The molecule has 9 nitrogen and oxygen atoms in total. The molecule has 2 aromatic carbocycles. The lowest BCUT2D eigenvalue weighted by Crippen LogP contribution is -2.22. The highest BCUT2D eigenvalue weighted by Gasteiger charge is 2.20. The third-order valence-electron chi connectivity index (χ3n) is 3.86. The van der Waals surface area contributed by atoms with E-state index >= 15 is 0 Å². The zero-order valence-corrected chi connectivity index (χ0v) is 15.8. The molecule has 0 aliphatic carbocycles. The third kappa shape index (κ3) is 4.29. The molecule has 0 aliphatic rings. The van der Waals surface area contributed by atoms with Crippen molar-refractivity contribution < 1.29 is 19.2 Å². The fourth-order valence-corrected chi connectivity index (χ4v) is 3.04.